The Hall–Kier alpha value is -3.16. The predicted octanol–water partition coefficient (Wildman–Crippen LogP) is 2.16. The number of rotatable bonds is 4. The number of aryl methyl sites for hydroxylation is 2. The van der Waals surface area contributed by atoms with Gasteiger partial charge in [0.05, 0.1) is 6.54 Å². The zero-order chi connectivity index (χ0) is 22.5. The van der Waals surface area contributed by atoms with Gasteiger partial charge in [-0.15, -0.1) is 0 Å². The topological polar surface area (TPSA) is 113 Å². The van der Waals surface area contributed by atoms with E-state index in [1.54, 1.807) is 0 Å². The van der Waals surface area contributed by atoms with Crippen LogP contribution in [-0.4, -0.2) is 49.6 Å². The first kappa shape index (κ1) is 21.1. The second kappa shape index (κ2) is 7.51. The summed E-state index contributed by atoms with van der Waals surface area (Å²) in [5, 5.41) is 19.9. The van der Waals surface area contributed by atoms with Crippen molar-refractivity contribution < 1.29 is 19.8 Å². The first-order valence-corrected chi connectivity index (χ1v) is 10.5. The minimum atomic E-state index is -1.14. The Kier molecular flexibility index (Phi) is 5.11. The van der Waals surface area contributed by atoms with Crippen LogP contribution in [0.4, 0.5) is 0 Å². The average Bonchev–Trinajstić information content (AvgIpc) is 3.17. The molecule has 1 amide bonds. The van der Waals surface area contributed by atoms with Crippen LogP contribution in [0.25, 0.3) is 0 Å². The van der Waals surface area contributed by atoms with Gasteiger partial charge in [-0.1, -0.05) is 42.2 Å². The van der Waals surface area contributed by atoms with Gasteiger partial charge in [0, 0.05) is 18.9 Å². The van der Waals surface area contributed by atoms with E-state index >= 15 is 0 Å². The molecule has 1 aliphatic heterocycles. The monoisotopic (exact) mass is 425 g/mol. The smallest absolute Gasteiger partial charge is 0.328 e. The Balaban J connectivity index is 1.87. The molecule has 0 unspecified atom stereocenters. The zero-order valence-electron chi connectivity index (χ0n) is 18.0. The molecule has 0 saturated heterocycles. The average molecular weight is 425 g/mol. The number of carbonyl (C=O) groups is 2. The molecular weight excluding hydrogens is 398 g/mol. The fraction of sp³-hybridized carbons (Fsp3) is 0.478. The summed E-state index contributed by atoms with van der Waals surface area (Å²) < 4.78 is 1.45. The molecule has 1 aliphatic carbocycles. The lowest BCUT2D eigenvalue weighted by atomic mass is 9.75. The minimum absolute atomic E-state index is 0.0635. The van der Waals surface area contributed by atoms with Gasteiger partial charge in [0.15, 0.2) is 5.69 Å². The van der Waals surface area contributed by atoms with E-state index in [9.17, 15) is 24.6 Å². The SMILES string of the molecule is Cc1cc(C)cc(C2(Cc3nc(=O)c(O)c4n3C[C@H](C(=O)O)N(C)C4=O)CCCC2)c1. The van der Waals surface area contributed by atoms with Gasteiger partial charge >= 0.3 is 11.5 Å². The highest BCUT2D eigenvalue weighted by Gasteiger charge is 2.41. The van der Waals surface area contributed by atoms with Crippen molar-refractivity contribution in [1.82, 2.24) is 14.5 Å². The Morgan fingerprint density at radius 1 is 1.16 bits per heavy atom. The van der Waals surface area contributed by atoms with Crippen molar-refractivity contribution in [2.45, 2.75) is 64.0 Å². The molecule has 0 radical (unpaired) electrons. The maximum absolute atomic E-state index is 12.8. The van der Waals surface area contributed by atoms with Gasteiger partial charge < -0.3 is 19.7 Å². The van der Waals surface area contributed by atoms with Crippen molar-refractivity contribution in [3.05, 3.63) is 56.8 Å². The third-order valence-electron chi connectivity index (χ3n) is 6.76. The Morgan fingerprint density at radius 2 is 1.77 bits per heavy atom. The summed E-state index contributed by atoms with van der Waals surface area (Å²) in [7, 11) is 1.36. The van der Waals surface area contributed by atoms with E-state index < -0.39 is 29.2 Å². The summed E-state index contributed by atoms with van der Waals surface area (Å²) in [5.41, 5.74) is 2.20. The van der Waals surface area contributed by atoms with E-state index in [4.69, 9.17) is 0 Å². The largest absolute Gasteiger partial charge is 0.501 e. The second-order valence-electron chi connectivity index (χ2n) is 8.95. The number of fused-ring (bicyclic) bond motifs is 1. The first-order chi connectivity index (χ1) is 14.6. The number of aliphatic carboxylic acids is 1. The van der Waals surface area contributed by atoms with Crippen LogP contribution < -0.4 is 5.56 Å². The number of benzene rings is 1. The van der Waals surface area contributed by atoms with Crippen molar-refractivity contribution in [3.63, 3.8) is 0 Å². The van der Waals surface area contributed by atoms with Crippen LogP contribution in [0.1, 0.15) is 58.7 Å². The number of carboxylic acids is 1. The quantitative estimate of drug-likeness (QED) is 0.776. The maximum Gasteiger partial charge on any atom is 0.328 e. The molecule has 2 aromatic rings. The molecule has 0 bridgehead atoms. The minimum Gasteiger partial charge on any atom is -0.501 e. The summed E-state index contributed by atoms with van der Waals surface area (Å²) in [4.78, 5) is 42.2. The van der Waals surface area contributed by atoms with Crippen LogP contribution >= 0.6 is 0 Å². The number of aromatic nitrogens is 2. The van der Waals surface area contributed by atoms with E-state index in [2.05, 4.69) is 37.0 Å². The molecule has 8 heteroatoms. The molecule has 2 heterocycles. The number of amides is 1. The fourth-order valence-electron chi connectivity index (χ4n) is 5.19. The van der Waals surface area contributed by atoms with Crippen LogP contribution in [-0.2, 0) is 23.2 Å². The van der Waals surface area contributed by atoms with Crippen molar-refractivity contribution in [3.8, 4) is 5.75 Å². The molecule has 31 heavy (non-hydrogen) atoms. The molecule has 8 nitrogen and oxygen atoms in total. The summed E-state index contributed by atoms with van der Waals surface area (Å²) in [6.07, 6.45) is 4.32. The third-order valence-corrected chi connectivity index (χ3v) is 6.76. The van der Waals surface area contributed by atoms with Crippen LogP contribution in [0.2, 0.25) is 0 Å². The van der Waals surface area contributed by atoms with E-state index in [1.165, 1.54) is 17.2 Å². The summed E-state index contributed by atoms with van der Waals surface area (Å²) in [5.74, 6) is -2.21. The van der Waals surface area contributed by atoms with E-state index in [1.807, 2.05) is 0 Å². The lowest BCUT2D eigenvalue weighted by molar-refractivity contribution is -0.142. The molecule has 1 saturated carbocycles. The highest BCUT2D eigenvalue weighted by molar-refractivity contribution is 5.98. The molecule has 0 spiro atoms. The van der Waals surface area contributed by atoms with Crippen LogP contribution in [0.5, 0.6) is 5.75 Å². The number of hydrogen-bond acceptors (Lipinski definition) is 5. The van der Waals surface area contributed by atoms with Gasteiger partial charge in [-0.3, -0.25) is 9.59 Å². The van der Waals surface area contributed by atoms with E-state index in [0.717, 1.165) is 41.7 Å². The van der Waals surface area contributed by atoms with Gasteiger partial charge in [-0.25, -0.2) is 4.79 Å². The maximum atomic E-state index is 12.8. The van der Waals surface area contributed by atoms with Gasteiger partial charge in [0.2, 0.25) is 5.75 Å². The standard InChI is InChI=1S/C23H27N3O5/c1-13-8-14(2)10-15(9-13)23(6-4-5-7-23)11-17-24-20(28)19(27)18-21(29)25(3)16(22(30)31)12-26(17)18/h8-10,16,27H,4-7,11-12H2,1-3H3,(H,30,31)/t16-/m1/s1. The van der Waals surface area contributed by atoms with Gasteiger partial charge in [-0.05, 0) is 32.3 Å². The summed E-state index contributed by atoms with van der Waals surface area (Å²) in [6.45, 7) is 4.04. The summed E-state index contributed by atoms with van der Waals surface area (Å²) >= 11 is 0. The predicted molar refractivity (Wildman–Crippen MR) is 113 cm³/mol. The number of carboxylic acid groups (broad SMARTS) is 1. The lowest BCUT2D eigenvalue weighted by Gasteiger charge is -2.36. The second-order valence-corrected chi connectivity index (χ2v) is 8.95. The normalized spacial score (nSPS) is 20.0. The number of likely N-dealkylation sites (N-methyl/N-ethyl adjacent to an activating group) is 1. The van der Waals surface area contributed by atoms with Crippen LogP contribution in [0.15, 0.2) is 23.0 Å². The molecular formula is C23H27N3O5. The Morgan fingerprint density at radius 3 is 2.35 bits per heavy atom. The zero-order valence-corrected chi connectivity index (χ0v) is 18.0. The number of hydrogen-bond donors (Lipinski definition) is 2. The lowest BCUT2D eigenvalue weighted by Crippen LogP contribution is -2.51. The Labute approximate surface area is 180 Å². The highest BCUT2D eigenvalue weighted by Crippen LogP contribution is 2.44. The molecule has 2 aliphatic rings. The van der Waals surface area contributed by atoms with Gasteiger partial charge in [0.25, 0.3) is 5.91 Å². The Bertz CT molecular complexity index is 1110. The summed E-state index contributed by atoms with van der Waals surface area (Å²) in [6, 6.07) is 5.34. The first-order valence-electron chi connectivity index (χ1n) is 10.5. The number of aromatic hydroxyl groups is 1. The number of nitrogens with zero attached hydrogens (tertiary/aromatic N) is 3. The van der Waals surface area contributed by atoms with Crippen LogP contribution in [0, 0.1) is 13.8 Å². The molecule has 1 aromatic carbocycles. The van der Waals surface area contributed by atoms with Crippen LogP contribution in [0.3, 0.4) is 0 Å². The van der Waals surface area contributed by atoms with Crippen molar-refractivity contribution >= 4 is 11.9 Å². The molecule has 1 atom stereocenters. The van der Waals surface area contributed by atoms with Crippen molar-refractivity contribution in [2.24, 2.45) is 0 Å². The number of carbonyl (C=O) groups excluding carboxylic acids is 1. The molecule has 1 aromatic heterocycles. The fourth-order valence-corrected chi connectivity index (χ4v) is 5.19. The third kappa shape index (κ3) is 3.49. The van der Waals surface area contributed by atoms with Crippen molar-refractivity contribution in [2.75, 3.05) is 7.05 Å². The molecule has 1 fully saturated rings. The van der Waals surface area contributed by atoms with Gasteiger partial charge in [-0.2, -0.15) is 4.98 Å². The molecule has 4 rings (SSSR count). The van der Waals surface area contributed by atoms with E-state index in [-0.39, 0.29) is 17.7 Å². The van der Waals surface area contributed by atoms with E-state index in [0.29, 0.717) is 12.2 Å². The molecule has 2 N–H and O–H groups in total. The van der Waals surface area contributed by atoms with Gasteiger partial charge in [0.1, 0.15) is 11.9 Å². The van der Waals surface area contributed by atoms with Crippen molar-refractivity contribution in [1.29, 1.82) is 0 Å². The highest BCUT2D eigenvalue weighted by atomic mass is 16.4. The molecule has 164 valence electrons.